The van der Waals surface area contributed by atoms with Crippen LogP contribution in [0.25, 0.3) is 5.57 Å². The van der Waals surface area contributed by atoms with E-state index >= 15 is 0 Å². The van der Waals surface area contributed by atoms with E-state index in [4.69, 9.17) is 16.3 Å². The molecule has 0 fully saturated rings. The molecule has 1 N–H and O–H groups in total. The quantitative estimate of drug-likeness (QED) is 0.485. The van der Waals surface area contributed by atoms with Gasteiger partial charge in [0.15, 0.2) is 0 Å². The van der Waals surface area contributed by atoms with Gasteiger partial charge in [-0.2, -0.15) is 0 Å². The third-order valence-corrected chi connectivity index (χ3v) is 5.45. The first-order valence-electron chi connectivity index (χ1n) is 10.5. The maximum absolute atomic E-state index is 13.3. The number of benzene rings is 3. The second-order valence-electron chi connectivity index (χ2n) is 7.34. The number of hydrogen-bond donors (Lipinski definition) is 1. The van der Waals surface area contributed by atoms with E-state index in [1.165, 1.54) is 4.90 Å². The number of imide groups is 1. The summed E-state index contributed by atoms with van der Waals surface area (Å²) in [6.45, 7) is 2.79. The van der Waals surface area contributed by atoms with Crippen LogP contribution in [0.4, 0.5) is 5.69 Å². The van der Waals surface area contributed by atoms with Crippen molar-refractivity contribution in [2.75, 3.05) is 18.5 Å². The van der Waals surface area contributed by atoms with Crippen molar-refractivity contribution >= 4 is 34.7 Å². The van der Waals surface area contributed by atoms with Gasteiger partial charge in [-0.1, -0.05) is 54.1 Å². The first-order valence-corrected chi connectivity index (χ1v) is 10.8. The minimum Gasteiger partial charge on any atom is -0.494 e. The van der Waals surface area contributed by atoms with Gasteiger partial charge < -0.3 is 10.1 Å². The van der Waals surface area contributed by atoms with E-state index in [9.17, 15) is 9.59 Å². The fourth-order valence-corrected chi connectivity index (χ4v) is 3.74. The van der Waals surface area contributed by atoms with Crippen LogP contribution >= 0.6 is 11.6 Å². The summed E-state index contributed by atoms with van der Waals surface area (Å²) in [7, 11) is 0. The van der Waals surface area contributed by atoms with Gasteiger partial charge in [-0.05, 0) is 60.9 Å². The minimum atomic E-state index is -0.343. The molecule has 3 aromatic rings. The summed E-state index contributed by atoms with van der Waals surface area (Å²) >= 11 is 6.03. The topological polar surface area (TPSA) is 58.6 Å². The van der Waals surface area contributed by atoms with Crippen molar-refractivity contribution in [3.8, 4) is 5.75 Å². The van der Waals surface area contributed by atoms with E-state index in [1.54, 1.807) is 24.3 Å². The third-order valence-electron chi connectivity index (χ3n) is 5.20. The molecule has 4 rings (SSSR count). The van der Waals surface area contributed by atoms with Gasteiger partial charge in [0.25, 0.3) is 11.8 Å². The predicted octanol–water partition coefficient (Wildman–Crippen LogP) is 5.17. The van der Waals surface area contributed by atoms with E-state index in [-0.39, 0.29) is 17.5 Å². The summed E-state index contributed by atoms with van der Waals surface area (Å²) in [5, 5.41) is 3.72. The fourth-order valence-electron chi connectivity index (χ4n) is 3.61. The molecule has 0 aliphatic carbocycles. The zero-order chi connectivity index (χ0) is 22.5. The number of anilines is 1. The van der Waals surface area contributed by atoms with E-state index in [1.807, 2.05) is 61.5 Å². The third kappa shape index (κ3) is 4.68. The van der Waals surface area contributed by atoms with Crippen molar-refractivity contribution < 1.29 is 14.3 Å². The minimum absolute atomic E-state index is 0.259. The van der Waals surface area contributed by atoms with Gasteiger partial charge in [-0.15, -0.1) is 0 Å². The molecule has 6 heteroatoms. The number of carbonyl (C=O) groups is 2. The van der Waals surface area contributed by atoms with Crippen molar-refractivity contribution in [1.29, 1.82) is 0 Å². The standard InChI is InChI=1S/C26H23ClN2O3/c1-2-32-22-14-12-21(13-15-22)28-24-23(19-8-10-20(27)11-9-19)25(30)29(26(24)31)17-16-18-6-4-3-5-7-18/h3-15,28H,2,16-17H2,1H3. The van der Waals surface area contributed by atoms with Gasteiger partial charge in [0.05, 0.1) is 12.2 Å². The van der Waals surface area contributed by atoms with Crippen LogP contribution in [-0.2, 0) is 16.0 Å². The van der Waals surface area contributed by atoms with E-state index in [0.717, 1.165) is 11.3 Å². The summed E-state index contributed by atoms with van der Waals surface area (Å²) in [4.78, 5) is 27.9. The molecule has 1 aliphatic rings. The molecule has 0 saturated heterocycles. The second-order valence-corrected chi connectivity index (χ2v) is 7.77. The predicted molar refractivity (Wildman–Crippen MR) is 126 cm³/mol. The van der Waals surface area contributed by atoms with Gasteiger partial charge in [0.2, 0.25) is 0 Å². The molecule has 162 valence electrons. The Labute approximate surface area is 192 Å². The first-order chi connectivity index (χ1) is 15.6. The average molecular weight is 447 g/mol. The Kier molecular flexibility index (Phi) is 6.57. The highest BCUT2D eigenvalue weighted by Crippen LogP contribution is 2.31. The molecular weight excluding hydrogens is 424 g/mol. The van der Waals surface area contributed by atoms with Crippen LogP contribution in [0.5, 0.6) is 5.75 Å². The van der Waals surface area contributed by atoms with Gasteiger partial charge in [0, 0.05) is 17.3 Å². The lowest BCUT2D eigenvalue weighted by Gasteiger charge is -2.15. The first kappa shape index (κ1) is 21.7. The number of halogens is 1. The number of carbonyl (C=O) groups excluding carboxylic acids is 2. The van der Waals surface area contributed by atoms with Gasteiger partial charge in [0.1, 0.15) is 11.4 Å². The molecule has 0 spiro atoms. The van der Waals surface area contributed by atoms with Crippen LogP contribution in [0.1, 0.15) is 18.1 Å². The molecule has 0 unspecified atom stereocenters. The van der Waals surface area contributed by atoms with E-state index in [2.05, 4.69) is 5.32 Å². The SMILES string of the molecule is CCOc1ccc(NC2=C(c3ccc(Cl)cc3)C(=O)N(CCc3ccccc3)C2=O)cc1. The van der Waals surface area contributed by atoms with Crippen LogP contribution in [0.2, 0.25) is 5.02 Å². The lowest BCUT2D eigenvalue weighted by molar-refractivity contribution is -0.136. The van der Waals surface area contributed by atoms with Crippen molar-refractivity contribution in [2.24, 2.45) is 0 Å². The van der Waals surface area contributed by atoms with Crippen LogP contribution in [0, 0.1) is 0 Å². The molecule has 2 amide bonds. The lowest BCUT2D eigenvalue weighted by atomic mass is 10.0. The summed E-state index contributed by atoms with van der Waals surface area (Å²) in [6.07, 6.45) is 0.586. The van der Waals surface area contributed by atoms with E-state index < -0.39 is 0 Å². The maximum atomic E-state index is 13.3. The molecule has 0 saturated carbocycles. The van der Waals surface area contributed by atoms with Crippen molar-refractivity contribution in [2.45, 2.75) is 13.3 Å². The summed E-state index contributed by atoms with van der Waals surface area (Å²) in [6, 6.07) is 24.0. The summed E-state index contributed by atoms with van der Waals surface area (Å²) in [5.41, 5.74) is 3.00. The molecule has 0 bridgehead atoms. The fraction of sp³-hybridized carbons (Fsp3) is 0.154. The van der Waals surface area contributed by atoms with Gasteiger partial charge >= 0.3 is 0 Å². The Morgan fingerprint density at radius 1 is 0.875 bits per heavy atom. The highest BCUT2D eigenvalue weighted by Gasteiger charge is 2.38. The Bertz CT molecular complexity index is 1140. The summed E-state index contributed by atoms with van der Waals surface area (Å²) in [5.74, 6) is 0.0784. The second kappa shape index (κ2) is 9.71. The largest absolute Gasteiger partial charge is 0.494 e. The maximum Gasteiger partial charge on any atom is 0.278 e. The molecule has 0 atom stereocenters. The molecule has 0 radical (unpaired) electrons. The zero-order valence-corrected chi connectivity index (χ0v) is 18.4. The zero-order valence-electron chi connectivity index (χ0n) is 17.7. The number of amides is 2. The Morgan fingerprint density at radius 3 is 2.22 bits per heavy atom. The van der Waals surface area contributed by atoms with Gasteiger partial charge in [-0.25, -0.2) is 0 Å². The van der Waals surface area contributed by atoms with Gasteiger partial charge in [-0.3, -0.25) is 14.5 Å². The Morgan fingerprint density at radius 2 is 1.56 bits per heavy atom. The van der Waals surface area contributed by atoms with Crippen molar-refractivity contribution in [1.82, 2.24) is 4.90 Å². The van der Waals surface area contributed by atoms with Crippen LogP contribution in [-0.4, -0.2) is 29.9 Å². The molecule has 3 aromatic carbocycles. The molecular formula is C26H23ClN2O3. The average Bonchev–Trinajstić information content (AvgIpc) is 3.04. The Hall–Kier alpha value is -3.57. The van der Waals surface area contributed by atoms with E-state index in [0.29, 0.717) is 41.4 Å². The molecule has 1 heterocycles. The number of nitrogens with zero attached hydrogens (tertiary/aromatic N) is 1. The summed E-state index contributed by atoms with van der Waals surface area (Å²) < 4.78 is 5.48. The van der Waals surface area contributed by atoms with Crippen LogP contribution in [0.3, 0.4) is 0 Å². The highest BCUT2D eigenvalue weighted by atomic mass is 35.5. The highest BCUT2D eigenvalue weighted by molar-refractivity contribution is 6.36. The molecule has 0 aromatic heterocycles. The molecule has 5 nitrogen and oxygen atoms in total. The van der Waals surface area contributed by atoms with Crippen molar-refractivity contribution in [3.63, 3.8) is 0 Å². The van der Waals surface area contributed by atoms with Crippen molar-refractivity contribution in [3.05, 3.63) is 101 Å². The smallest absolute Gasteiger partial charge is 0.278 e. The van der Waals surface area contributed by atoms with Crippen LogP contribution in [0.15, 0.2) is 84.6 Å². The number of nitrogens with one attached hydrogen (secondary N) is 1. The monoisotopic (exact) mass is 446 g/mol. The van der Waals surface area contributed by atoms with Crippen LogP contribution < -0.4 is 10.1 Å². The number of hydrogen-bond acceptors (Lipinski definition) is 4. The normalized spacial score (nSPS) is 13.6. The number of ether oxygens (including phenoxy) is 1. The lowest BCUT2D eigenvalue weighted by Crippen LogP contribution is -2.34. The molecule has 32 heavy (non-hydrogen) atoms. The number of rotatable bonds is 8. The Balaban J connectivity index is 1.63. The molecule has 1 aliphatic heterocycles.